The Morgan fingerprint density at radius 2 is 1.93 bits per heavy atom. The fourth-order valence-corrected chi connectivity index (χ4v) is 3.89. The van der Waals surface area contributed by atoms with E-state index in [1.807, 2.05) is 32.9 Å². The molecule has 0 aliphatic carbocycles. The molecule has 0 radical (unpaired) electrons. The number of halogens is 1. The van der Waals surface area contributed by atoms with Gasteiger partial charge in [-0.15, -0.1) is 0 Å². The minimum Gasteiger partial charge on any atom is -0.444 e. The predicted octanol–water partition coefficient (Wildman–Crippen LogP) is 5.32. The second-order valence-corrected chi connectivity index (χ2v) is 9.30. The van der Waals surface area contributed by atoms with Crippen molar-refractivity contribution in [1.82, 2.24) is 4.90 Å². The van der Waals surface area contributed by atoms with Crippen molar-refractivity contribution < 1.29 is 14.3 Å². The number of amides is 2. The molecule has 0 saturated carbocycles. The lowest BCUT2D eigenvalue weighted by molar-refractivity contribution is -0.124. The standard InChI is InChI=1S/C21H31BrN2O3/c1-14(2)15-10-11-17(16(22)13-15)23(6)19(25)18-9-7-8-12-24(18)20(26)27-21(3,4)5/h10-11,13-14,18H,7-9,12H2,1-6H3. The van der Waals surface area contributed by atoms with Gasteiger partial charge < -0.3 is 9.64 Å². The molecular formula is C21H31BrN2O3. The maximum Gasteiger partial charge on any atom is 0.410 e. The molecule has 0 N–H and O–H groups in total. The fraction of sp³-hybridized carbons (Fsp3) is 0.619. The average Bonchev–Trinajstić information content (AvgIpc) is 2.58. The van der Waals surface area contributed by atoms with Crippen molar-refractivity contribution in [1.29, 1.82) is 0 Å². The summed E-state index contributed by atoms with van der Waals surface area (Å²) in [6, 6.07) is 5.56. The first kappa shape index (κ1) is 21.7. The molecule has 1 aliphatic heterocycles. The Kier molecular flexibility index (Phi) is 6.95. The van der Waals surface area contributed by atoms with Crippen molar-refractivity contribution in [3.05, 3.63) is 28.2 Å². The first-order valence-corrected chi connectivity index (χ1v) is 10.4. The molecule has 2 rings (SSSR count). The minimum atomic E-state index is -0.580. The molecule has 5 nitrogen and oxygen atoms in total. The number of piperidine rings is 1. The number of carbonyl (C=O) groups is 2. The molecule has 1 atom stereocenters. The highest BCUT2D eigenvalue weighted by Crippen LogP contribution is 2.31. The molecule has 1 saturated heterocycles. The van der Waals surface area contributed by atoms with Crippen LogP contribution in [0.2, 0.25) is 0 Å². The summed E-state index contributed by atoms with van der Waals surface area (Å²) in [5.41, 5.74) is 1.43. The van der Waals surface area contributed by atoms with Crippen molar-refractivity contribution in [2.24, 2.45) is 0 Å². The van der Waals surface area contributed by atoms with Crippen LogP contribution in [-0.4, -0.2) is 42.1 Å². The van der Waals surface area contributed by atoms with Gasteiger partial charge in [0, 0.05) is 18.1 Å². The minimum absolute atomic E-state index is 0.0847. The number of hydrogen-bond acceptors (Lipinski definition) is 3. The van der Waals surface area contributed by atoms with Crippen molar-refractivity contribution in [2.75, 3.05) is 18.5 Å². The summed E-state index contributed by atoms with van der Waals surface area (Å²) >= 11 is 3.59. The lowest BCUT2D eigenvalue weighted by Crippen LogP contribution is -2.53. The molecule has 1 unspecified atom stereocenters. The molecule has 150 valence electrons. The summed E-state index contributed by atoms with van der Waals surface area (Å²) in [4.78, 5) is 29.0. The topological polar surface area (TPSA) is 49.9 Å². The Morgan fingerprint density at radius 3 is 2.48 bits per heavy atom. The first-order chi connectivity index (χ1) is 12.5. The summed E-state index contributed by atoms with van der Waals surface area (Å²) in [7, 11) is 1.76. The van der Waals surface area contributed by atoms with Crippen LogP contribution >= 0.6 is 15.9 Å². The molecule has 27 heavy (non-hydrogen) atoms. The molecular weight excluding hydrogens is 408 g/mol. The zero-order valence-electron chi connectivity index (χ0n) is 17.2. The van der Waals surface area contributed by atoms with Crippen LogP contribution in [0.15, 0.2) is 22.7 Å². The Bertz CT molecular complexity index is 697. The lowest BCUT2D eigenvalue weighted by Gasteiger charge is -2.37. The van der Waals surface area contributed by atoms with Gasteiger partial charge in [0.25, 0.3) is 0 Å². The average molecular weight is 439 g/mol. The zero-order chi connectivity index (χ0) is 20.4. The van der Waals surface area contributed by atoms with E-state index in [4.69, 9.17) is 4.74 Å². The number of nitrogens with zero attached hydrogens (tertiary/aromatic N) is 2. The van der Waals surface area contributed by atoms with E-state index < -0.39 is 17.7 Å². The van der Waals surface area contributed by atoms with Gasteiger partial charge in [0.15, 0.2) is 0 Å². The van der Waals surface area contributed by atoms with Crippen LogP contribution < -0.4 is 4.90 Å². The SMILES string of the molecule is CC(C)c1ccc(N(C)C(=O)C2CCCCN2C(=O)OC(C)(C)C)c(Br)c1. The van der Waals surface area contributed by atoms with Crippen LogP contribution in [0.25, 0.3) is 0 Å². The Hall–Kier alpha value is -1.56. The monoisotopic (exact) mass is 438 g/mol. The Morgan fingerprint density at radius 1 is 1.26 bits per heavy atom. The number of benzene rings is 1. The Labute approximate surface area is 171 Å². The molecule has 1 aliphatic rings. The van der Waals surface area contributed by atoms with Crippen LogP contribution in [0.3, 0.4) is 0 Å². The molecule has 1 aromatic carbocycles. The van der Waals surface area contributed by atoms with Gasteiger partial charge in [0.05, 0.1) is 5.69 Å². The maximum absolute atomic E-state index is 13.2. The quantitative estimate of drug-likeness (QED) is 0.640. The molecule has 6 heteroatoms. The largest absolute Gasteiger partial charge is 0.444 e. The van der Waals surface area contributed by atoms with E-state index in [1.54, 1.807) is 16.8 Å². The number of carbonyl (C=O) groups excluding carboxylic acids is 2. The predicted molar refractivity (Wildman–Crippen MR) is 112 cm³/mol. The van der Waals surface area contributed by atoms with Crippen molar-refractivity contribution in [2.45, 2.75) is 71.4 Å². The van der Waals surface area contributed by atoms with Crippen LogP contribution in [0.4, 0.5) is 10.5 Å². The summed E-state index contributed by atoms with van der Waals surface area (Å²) in [5.74, 6) is 0.330. The molecule has 1 heterocycles. The molecule has 0 bridgehead atoms. The third kappa shape index (κ3) is 5.47. The summed E-state index contributed by atoms with van der Waals surface area (Å²) in [6.45, 7) is 10.3. The van der Waals surface area contributed by atoms with Gasteiger partial charge in [-0.1, -0.05) is 19.9 Å². The maximum atomic E-state index is 13.2. The van der Waals surface area contributed by atoms with Crippen LogP contribution in [0, 0.1) is 0 Å². The Balaban J connectivity index is 2.21. The molecule has 2 amide bonds. The third-order valence-corrected chi connectivity index (χ3v) is 5.38. The number of ether oxygens (including phenoxy) is 1. The summed E-state index contributed by atoms with van der Waals surface area (Å²) in [5, 5.41) is 0. The van der Waals surface area contributed by atoms with E-state index in [9.17, 15) is 9.59 Å². The van der Waals surface area contributed by atoms with Gasteiger partial charge in [-0.2, -0.15) is 0 Å². The highest BCUT2D eigenvalue weighted by atomic mass is 79.9. The summed E-state index contributed by atoms with van der Waals surface area (Å²) in [6.07, 6.45) is 2.06. The number of hydrogen-bond donors (Lipinski definition) is 0. The number of likely N-dealkylation sites (tertiary alicyclic amines) is 1. The normalized spacial score (nSPS) is 17.8. The molecule has 1 fully saturated rings. The second-order valence-electron chi connectivity index (χ2n) is 8.45. The van der Waals surface area contributed by atoms with Gasteiger partial charge in [-0.05, 0) is 79.6 Å². The number of likely N-dealkylation sites (N-methyl/N-ethyl adjacent to an activating group) is 1. The van der Waals surface area contributed by atoms with E-state index in [0.29, 0.717) is 18.9 Å². The van der Waals surface area contributed by atoms with Gasteiger partial charge in [0.1, 0.15) is 11.6 Å². The van der Waals surface area contributed by atoms with Crippen molar-refractivity contribution in [3.63, 3.8) is 0 Å². The number of rotatable bonds is 3. The van der Waals surface area contributed by atoms with Crippen molar-refractivity contribution >= 4 is 33.6 Å². The zero-order valence-corrected chi connectivity index (χ0v) is 18.8. The third-order valence-electron chi connectivity index (χ3n) is 4.75. The first-order valence-electron chi connectivity index (χ1n) is 9.58. The lowest BCUT2D eigenvalue weighted by atomic mass is 10.0. The van der Waals surface area contributed by atoms with E-state index in [-0.39, 0.29) is 5.91 Å². The highest BCUT2D eigenvalue weighted by Gasteiger charge is 2.36. The fourth-order valence-electron chi connectivity index (χ4n) is 3.22. The summed E-state index contributed by atoms with van der Waals surface area (Å²) < 4.78 is 6.39. The van der Waals surface area contributed by atoms with Gasteiger partial charge in [0.2, 0.25) is 5.91 Å². The molecule has 1 aromatic rings. The van der Waals surface area contributed by atoms with Gasteiger partial charge >= 0.3 is 6.09 Å². The number of anilines is 1. The van der Waals surface area contributed by atoms with E-state index >= 15 is 0 Å². The molecule has 0 aromatic heterocycles. The van der Waals surface area contributed by atoms with E-state index in [2.05, 4.69) is 35.8 Å². The highest BCUT2D eigenvalue weighted by molar-refractivity contribution is 9.10. The van der Waals surface area contributed by atoms with Crippen molar-refractivity contribution in [3.8, 4) is 0 Å². The van der Waals surface area contributed by atoms with Crippen LogP contribution in [0.5, 0.6) is 0 Å². The van der Waals surface area contributed by atoms with E-state index in [1.165, 1.54) is 5.56 Å². The van der Waals surface area contributed by atoms with Gasteiger partial charge in [-0.25, -0.2) is 4.79 Å². The van der Waals surface area contributed by atoms with Gasteiger partial charge in [-0.3, -0.25) is 9.69 Å². The molecule has 0 spiro atoms. The smallest absolute Gasteiger partial charge is 0.410 e. The van der Waals surface area contributed by atoms with Crippen LogP contribution in [-0.2, 0) is 9.53 Å². The van der Waals surface area contributed by atoms with E-state index in [0.717, 1.165) is 23.0 Å². The van der Waals surface area contributed by atoms with Crippen LogP contribution in [0.1, 0.15) is 65.4 Å². The second kappa shape index (κ2) is 8.63.